The summed E-state index contributed by atoms with van der Waals surface area (Å²) in [4.78, 5) is 0. The molecule has 0 saturated carbocycles. The summed E-state index contributed by atoms with van der Waals surface area (Å²) in [5.41, 5.74) is 0. The number of ether oxygens (including phenoxy) is 1. The quantitative estimate of drug-likeness (QED) is 0.432. The minimum Gasteiger partial charge on any atom is -0.379 e. The van der Waals surface area contributed by atoms with Crippen molar-refractivity contribution in [3.63, 3.8) is 0 Å². The fraction of sp³-hybridized carbons (Fsp3) is 0.833. The van der Waals surface area contributed by atoms with Crippen molar-refractivity contribution in [3.8, 4) is 0 Å². The molecule has 0 amide bonds. The van der Waals surface area contributed by atoms with Gasteiger partial charge in [-0.25, -0.2) is 0 Å². The van der Waals surface area contributed by atoms with Gasteiger partial charge in [0.05, 0.1) is 6.10 Å². The lowest BCUT2D eigenvalue weighted by Gasteiger charge is -2.05. The van der Waals surface area contributed by atoms with E-state index in [-0.39, 0.29) is 0 Å². The second-order valence-electron chi connectivity index (χ2n) is 4.16. The fourth-order valence-electron chi connectivity index (χ4n) is 1.01. The Bertz CT molecular complexity index is 125. The van der Waals surface area contributed by atoms with Crippen molar-refractivity contribution in [2.45, 2.75) is 53.1 Å². The number of unbranched alkanes of at least 4 members (excludes halogenated alkanes) is 1. The van der Waals surface area contributed by atoms with Crippen molar-refractivity contribution in [1.82, 2.24) is 0 Å². The molecule has 0 spiro atoms. The summed E-state index contributed by atoms with van der Waals surface area (Å²) in [6, 6.07) is 0. The van der Waals surface area contributed by atoms with Crippen LogP contribution in [-0.4, -0.2) is 12.7 Å². The zero-order chi connectivity index (χ0) is 10.1. The molecule has 0 bridgehead atoms. The number of hydrogen-bond acceptors (Lipinski definition) is 1. The van der Waals surface area contributed by atoms with Crippen molar-refractivity contribution < 1.29 is 4.74 Å². The molecule has 0 rings (SSSR count). The smallest absolute Gasteiger partial charge is 0.0518 e. The van der Waals surface area contributed by atoms with Crippen molar-refractivity contribution >= 4 is 0 Å². The third kappa shape index (κ3) is 11.7. The minimum absolute atomic E-state index is 0.375. The lowest BCUT2D eigenvalue weighted by molar-refractivity contribution is 0.0775. The SMILES string of the molecule is CC(C)CC=CCCCOC(C)C. The molecule has 0 aliphatic heterocycles. The van der Waals surface area contributed by atoms with Gasteiger partial charge < -0.3 is 4.74 Å². The molecule has 0 fully saturated rings. The van der Waals surface area contributed by atoms with Crippen LogP contribution < -0.4 is 0 Å². The van der Waals surface area contributed by atoms with Gasteiger partial charge in [-0.15, -0.1) is 0 Å². The summed E-state index contributed by atoms with van der Waals surface area (Å²) in [7, 11) is 0. The molecule has 78 valence electrons. The van der Waals surface area contributed by atoms with E-state index in [4.69, 9.17) is 4.74 Å². The molecule has 0 heterocycles. The molecule has 0 aromatic heterocycles. The Morgan fingerprint density at radius 1 is 1.08 bits per heavy atom. The molecule has 0 unspecified atom stereocenters. The zero-order valence-electron chi connectivity index (χ0n) is 9.55. The number of hydrogen-bond donors (Lipinski definition) is 0. The molecular formula is C12H24O. The Balaban J connectivity index is 3.11. The van der Waals surface area contributed by atoms with E-state index in [0.717, 1.165) is 25.4 Å². The van der Waals surface area contributed by atoms with Gasteiger partial charge in [-0.1, -0.05) is 26.0 Å². The van der Waals surface area contributed by atoms with Crippen LogP contribution in [-0.2, 0) is 4.74 Å². The van der Waals surface area contributed by atoms with Crippen molar-refractivity contribution in [1.29, 1.82) is 0 Å². The van der Waals surface area contributed by atoms with Gasteiger partial charge in [0.15, 0.2) is 0 Å². The number of rotatable bonds is 7. The molecule has 0 aromatic carbocycles. The highest BCUT2D eigenvalue weighted by Crippen LogP contribution is 2.02. The van der Waals surface area contributed by atoms with Gasteiger partial charge in [0.2, 0.25) is 0 Å². The summed E-state index contributed by atoms with van der Waals surface area (Å²) in [5, 5.41) is 0. The van der Waals surface area contributed by atoms with E-state index in [1.807, 2.05) is 0 Å². The van der Waals surface area contributed by atoms with Gasteiger partial charge >= 0.3 is 0 Å². The van der Waals surface area contributed by atoms with Crippen LogP contribution >= 0.6 is 0 Å². The predicted molar refractivity (Wildman–Crippen MR) is 58.9 cm³/mol. The number of allylic oxidation sites excluding steroid dienone is 2. The van der Waals surface area contributed by atoms with Gasteiger partial charge in [-0.2, -0.15) is 0 Å². The maximum atomic E-state index is 5.44. The maximum absolute atomic E-state index is 5.44. The zero-order valence-corrected chi connectivity index (χ0v) is 9.55. The van der Waals surface area contributed by atoms with Crippen LogP contribution in [0, 0.1) is 5.92 Å². The topological polar surface area (TPSA) is 9.23 Å². The van der Waals surface area contributed by atoms with Crippen molar-refractivity contribution in [2.75, 3.05) is 6.61 Å². The molecule has 13 heavy (non-hydrogen) atoms. The average molecular weight is 184 g/mol. The van der Waals surface area contributed by atoms with E-state index < -0.39 is 0 Å². The van der Waals surface area contributed by atoms with E-state index in [9.17, 15) is 0 Å². The second kappa shape index (κ2) is 8.31. The molecule has 1 heteroatoms. The standard InChI is InChI=1S/C12H24O/c1-11(2)9-7-5-6-8-10-13-12(3)4/h5,7,11-12H,6,8-10H2,1-4H3. The second-order valence-corrected chi connectivity index (χ2v) is 4.16. The Kier molecular flexibility index (Phi) is 8.11. The molecule has 1 nitrogen and oxygen atoms in total. The lowest BCUT2D eigenvalue weighted by atomic mass is 10.1. The highest BCUT2D eigenvalue weighted by atomic mass is 16.5. The molecule has 0 saturated heterocycles. The van der Waals surface area contributed by atoms with Crippen LogP contribution in [0.4, 0.5) is 0 Å². The molecule has 0 N–H and O–H groups in total. The minimum atomic E-state index is 0.375. The normalized spacial score (nSPS) is 12.2. The predicted octanol–water partition coefficient (Wildman–Crippen LogP) is 3.79. The van der Waals surface area contributed by atoms with E-state index in [2.05, 4.69) is 39.8 Å². The molecule has 0 atom stereocenters. The Morgan fingerprint density at radius 2 is 1.77 bits per heavy atom. The first kappa shape index (κ1) is 12.7. The maximum Gasteiger partial charge on any atom is 0.0518 e. The first-order chi connectivity index (χ1) is 6.13. The van der Waals surface area contributed by atoms with Crippen LogP contribution in [0.15, 0.2) is 12.2 Å². The highest BCUT2D eigenvalue weighted by Gasteiger charge is 1.91. The van der Waals surface area contributed by atoms with Crippen LogP contribution in [0.1, 0.15) is 47.0 Å². The third-order valence-corrected chi connectivity index (χ3v) is 1.74. The summed E-state index contributed by atoms with van der Waals surface area (Å²) in [5.74, 6) is 0.781. The van der Waals surface area contributed by atoms with Gasteiger partial charge in [0.25, 0.3) is 0 Å². The van der Waals surface area contributed by atoms with E-state index in [1.54, 1.807) is 0 Å². The Hall–Kier alpha value is -0.300. The van der Waals surface area contributed by atoms with Crippen LogP contribution in [0.5, 0.6) is 0 Å². The Morgan fingerprint density at radius 3 is 2.31 bits per heavy atom. The van der Waals surface area contributed by atoms with E-state index in [0.29, 0.717) is 6.10 Å². The van der Waals surface area contributed by atoms with Gasteiger partial charge in [0, 0.05) is 6.61 Å². The third-order valence-electron chi connectivity index (χ3n) is 1.74. The molecular weight excluding hydrogens is 160 g/mol. The summed E-state index contributed by atoms with van der Waals surface area (Å²) in [6.07, 6.45) is 8.42. The summed E-state index contributed by atoms with van der Waals surface area (Å²) < 4.78 is 5.44. The summed E-state index contributed by atoms with van der Waals surface area (Å²) >= 11 is 0. The first-order valence-corrected chi connectivity index (χ1v) is 5.39. The highest BCUT2D eigenvalue weighted by molar-refractivity contribution is 4.82. The largest absolute Gasteiger partial charge is 0.379 e. The van der Waals surface area contributed by atoms with Gasteiger partial charge in [-0.3, -0.25) is 0 Å². The van der Waals surface area contributed by atoms with E-state index >= 15 is 0 Å². The van der Waals surface area contributed by atoms with Crippen LogP contribution in [0.3, 0.4) is 0 Å². The lowest BCUT2D eigenvalue weighted by Crippen LogP contribution is -2.03. The van der Waals surface area contributed by atoms with Gasteiger partial charge in [-0.05, 0) is 39.0 Å². The molecule has 0 aromatic rings. The van der Waals surface area contributed by atoms with Crippen molar-refractivity contribution in [3.05, 3.63) is 12.2 Å². The fourth-order valence-corrected chi connectivity index (χ4v) is 1.01. The molecule has 0 aliphatic rings. The van der Waals surface area contributed by atoms with Crippen molar-refractivity contribution in [2.24, 2.45) is 5.92 Å². The molecule has 0 aliphatic carbocycles. The van der Waals surface area contributed by atoms with E-state index in [1.165, 1.54) is 6.42 Å². The Labute approximate surface area is 83.2 Å². The average Bonchev–Trinajstić information content (AvgIpc) is 2.01. The van der Waals surface area contributed by atoms with Crippen LogP contribution in [0.2, 0.25) is 0 Å². The van der Waals surface area contributed by atoms with Gasteiger partial charge in [0.1, 0.15) is 0 Å². The summed E-state index contributed by atoms with van der Waals surface area (Å²) in [6.45, 7) is 9.53. The first-order valence-electron chi connectivity index (χ1n) is 5.39. The molecule has 0 radical (unpaired) electrons. The van der Waals surface area contributed by atoms with Crippen LogP contribution in [0.25, 0.3) is 0 Å². The monoisotopic (exact) mass is 184 g/mol.